The van der Waals surface area contributed by atoms with Crippen LogP contribution in [-0.2, 0) is 16.0 Å². The Labute approximate surface area is 87.4 Å². The van der Waals surface area contributed by atoms with E-state index < -0.39 is 0 Å². The van der Waals surface area contributed by atoms with Gasteiger partial charge in [0.1, 0.15) is 0 Å². The molecular formula is C9H14N4O2. The van der Waals surface area contributed by atoms with E-state index in [9.17, 15) is 4.79 Å². The summed E-state index contributed by atoms with van der Waals surface area (Å²) in [6.45, 7) is 3.07. The van der Waals surface area contributed by atoms with E-state index in [2.05, 4.69) is 15.1 Å². The highest BCUT2D eigenvalue weighted by atomic mass is 16.5. The molecular weight excluding hydrogens is 196 g/mol. The highest BCUT2D eigenvalue weighted by Crippen LogP contribution is 2.19. The maximum absolute atomic E-state index is 10.8. The summed E-state index contributed by atoms with van der Waals surface area (Å²) in [7, 11) is 0. The highest BCUT2D eigenvalue weighted by molar-refractivity contribution is 5.78. The summed E-state index contributed by atoms with van der Waals surface area (Å²) < 4.78 is 5.25. The van der Waals surface area contributed by atoms with E-state index in [0.29, 0.717) is 13.2 Å². The first-order valence-electron chi connectivity index (χ1n) is 4.90. The minimum absolute atomic E-state index is 0.201. The average molecular weight is 210 g/mol. The van der Waals surface area contributed by atoms with Gasteiger partial charge in [-0.2, -0.15) is 5.10 Å². The van der Waals surface area contributed by atoms with Gasteiger partial charge >= 0.3 is 0 Å². The van der Waals surface area contributed by atoms with Gasteiger partial charge in [-0.15, -0.1) is 0 Å². The molecule has 15 heavy (non-hydrogen) atoms. The number of hydrogen-bond acceptors (Lipinski definition) is 4. The molecule has 1 aliphatic rings. The Morgan fingerprint density at radius 1 is 1.60 bits per heavy atom. The summed E-state index contributed by atoms with van der Waals surface area (Å²) in [5.74, 6) is -0.353. The van der Waals surface area contributed by atoms with Crippen LogP contribution >= 0.6 is 0 Å². The van der Waals surface area contributed by atoms with E-state index in [-0.39, 0.29) is 12.3 Å². The molecule has 0 atom stereocenters. The van der Waals surface area contributed by atoms with Crippen LogP contribution in [0, 0.1) is 0 Å². The maximum Gasteiger partial charge on any atom is 0.223 e. The van der Waals surface area contributed by atoms with Crippen LogP contribution < -0.4 is 10.6 Å². The molecule has 0 radical (unpaired) electrons. The van der Waals surface area contributed by atoms with E-state index >= 15 is 0 Å². The number of hydrogen-bond donors (Lipinski definition) is 2. The minimum atomic E-state index is -0.353. The van der Waals surface area contributed by atoms with Crippen LogP contribution in [0.1, 0.15) is 5.69 Å². The van der Waals surface area contributed by atoms with Crippen LogP contribution in [0.2, 0.25) is 0 Å². The van der Waals surface area contributed by atoms with Crippen molar-refractivity contribution in [1.29, 1.82) is 0 Å². The van der Waals surface area contributed by atoms with Crippen molar-refractivity contribution < 1.29 is 9.53 Å². The number of H-pyrrole nitrogens is 1. The molecule has 1 aromatic heterocycles. The van der Waals surface area contributed by atoms with Gasteiger partial charge in [0, 0.05) is 13.1 Å². The normalized spacial score (nSPS) is 16.7. The Balaban J connectivity index is 2.12. The number of anilines is 1. The largest absolute Gasteiger partial charge is 0.378 e. The number of nitrogens with zero attached hydrogens (tertiary/aromatic N) is 2. The average Bonchev–Trinajstić information content (AvgIpc) is 2.66. The van der Waals surface area contributed by atoms with Gasteiger partial charge in [0.15, 0.2) is 0 Å². The topological polar surface area (TPSA) is 84.2 Å². The van der Waals surface area contributed by atoms with E-state index in [1.165, 1.54) is 0 Å². The molecule has 0 unspecified atom stereocenters. The second kappa shape index (κ2) is 4.31. The van der Waals surface area contributed by atoms with Crippen LogP contribution in [0.4, 0.5) is 5.69 Å². The van der Waals surface area contributed by atoms with E-state index in [1.807, 2.05) is 0 Å². The minimum Gasteiger partial charge on any atom is -0.378 e. The summed E-state index contributed by atoms with van der Waals surface area (Å²) in [6, 6.07) is 0. The lowest BCUT2D eigenvalue weighted by Crippen LogP contribution is -2.36. The number of aromatic amines is 1. The molecule has 0 saturated carbocycles. The molecule has 0 aliphatic carbocycles. The van der Waals surface area contributed by atoms with Crippen LogP contribution in [0.3, 0.4) is 0 Å². The van der Waals surface area contributed by atoms with Gasteiger partial charge in [-0.05, 0) is 0 Å². The molecule has 1 aromatic rings. The number of ether oxygens (including phenoxy) is 1. The van der Waals surface area contributed by atoms with Crippen molar-refractivity contribution in [3.8, 4) is 0 Å². The van der Waals surface area contributed by atoms with Crippen molar-refractivity contribution >= 4 is 11.6 Å². The first-order valence-corrected chi connectivity index (χ1v) is 4.90. The zero-order chi connectivity index (χ0) is 10.7. The number of nitrogens with one attached hydrogen (secondary N) is 1. The first kappa shape index (κ1) is 9.97. The van der Waals surface area contributed by atoms with Gasteiger partial charge < -0.3 is 15.4 Å². The number of carbonyl (C=O) groups excluding carboxylic acids is 1. The molecule has 1 fully saturated rings. The number of nitrogens with two attached hydrogens (primary N) is 1. The van der Waals surface area contributed by atoms with E-state index in [1.54, 1.807) is 6.20 Å². The van der Waals surface area contributed by atoms with Gasteiger partial charge in [0.2, 0.25) is 5.91 Å². The number of primary amides is 1. The van der Waals surface area contributed by atoms with Crippen molar-refractivity contribution in [2.75, 3.05) is 31.2 Å². The molecule has 82 valence electrons. The van der Waals surface area contributed by atoms with Crippen molar-refractivity contribution in [3.05, 3.63) is 11.9 Å². The molecule has 3 N–H and O–H groups in total. The number of amides is 1. The molecule has 2 rings (SSSR count). The maximum atomic E-state index is 10.8. The third-order valence-corrected chi connectivity index (χ3v) is 2.40. The fourth-order valence-electron chi connectivity index (χ4n) is 1.69. The van der Waals surface area contributed by atoms with Crippen molar-refractivity contribution in [2.24, 2.45) is 5.73 Å². The third kappa shape index (κ3) is 2.27. The molecule has 0 bridgehead atoms. The fourth-order valence-corrected chi connectivity index (χ4v) is 1.69. The van der Waals surface area contributed by atoms with Gasteiger partial charge in [0.25, 0.3) is 0 Å². The Bertz CT molecular complexity index is 344. The van der Waals surface area contributed by atoms with Crippen LogP contribution in [0.25, 0.3) is 0 Å². The fraction of sp³-hybridized carbons (Fsp3) is 0.556. The summed E-state index contributed by atoms with van der Waals surface area (Å²) >= 11 is 0. The number of aromatic nitrogens is 2. The highest BCUT2D eigenvalue weighted by Gasteiger charge is 2.17. The predicted octanol–water partition coefficient (Wildman–Crippen LogP) is -0.726. The third-order valence-electron chi connectivity index (χ3n) is 2.40. The molecule has 2 heterocycles. The second-order valence-electron chi connectivity index (χ2n) is 3.48. The Hall–Kier alpha value is -1.56. The number of morpholine rings is 1. The van der Waals surface area contributed by atoms with Crippen LogP contribution in [0.15, 0.2) is 6.20 Å². The number of carbonyl (C=O) groups is 1. The molecule has 6 nitrogen and oxygen atoms in total. The zero-order valence-electron chi connectivity index (χ0n) is 8.40. The van der Waals surface area contributed by atoms with Gasteiger partial charge in [-0.25, -0.2) is 0 Å². The lowest BCUT2D eigenvalue weighted by Gasteiger charge is -2.28. The Morgan fingerprint density at radius 3 is 3.00 bits per heavy atom. The summed E-state index contributed by atoms with van der Waals surface area (Å²) in [6.07, 6.45) is 1.93. The first-order chi connectivity index (χ1) is 7.27. The van der Waals surface area contributed by atoms with Gasteiger partial charge in [-0.3, -0.25) is 9.89 Å². The summed E-state index contributed by atoms with van der Waals surface area (Å²) in [5, 5.41) is 6.74. The van der Waals surface area contributed by atoms with E-state index in [4.69, 9.17) is 10.5 Å². The molecule has 0 spiro atoms. The predicted molar refractivity (Wildman–Crippen MR) is 54.5 cm³/mol. The molecule has 1 amide bonds. The summed E-state index contributed by atoms with van der Waals surface area (Å²) in [5.41, 5.74) is 6.89. The van der Waals surface area contributed by atoms with Crippen LogP contribution in [-0.4, -0.2) is 42.4 Å². The smallest absolute Gasteiger partial charge is 0.223 e. The van der Waals surface area contributed by atoms with E-state index in [0.717, 1.165) is 24.5 Å². The second-order valence-corrected chi connectivity index (χ2v) is 3.48. The van der Waals surface area contributed by atoms with Crippen molar-refractivity contribution in [3.63, 3.8) is 0 Å². The van der Waals surface area contributed by atoms with Crippen molar-refractivity contribution in [1.82, 2.24) is 10.2 Å². The zero-order valence-corrected chi connectivity index (χ0v) is 8.40. The molecule has 1 aliphatic heterocycles. The molecule has 1 saturated heterocycles. The molecule has 6 heteroatoms. The van der Waals surface area contributed by atoms with Crippen molar-refractivity contribution in [2.45, 2.75) is 6.42 Å². The lowest BCUT2D eigenvalue weighted by atomic mass is 10.2. The standard InChI is InChI=1S/C9H14N4O2/c10-9(14)5-7-8(6-11-12-7)13-1-3-15-4-2-13/h6H,1-5H2,(H2,10,14)(H,11,12). The summed E-state index contributed by atoms with van der Waals surface area (Å²) in [4.78, 5) is 13.0. The monoisotopic (exact) mass is 210 g/mol. The SMILES string of the molecule is NC(=O)Cc1[nH]ncc1N1CCOCC1. The van der Waals surface area contributed by atoms with Gasteiger partial charge in [-0.1, -0.05) is 0 Å². The Morgan fingerprint density at radius 2 is 2.33 bits per heavy atom. The number of rotatable bonds is 3. The Kier molecular flexibility index (Phi) is 2.86. The molecule has 0 aromatic carbocycles. The quantitative estimate of drug-likeness (QED) is 0.689. The van der Waals surface area contributed by atoms with Gasteiger partial charge in [0.05, 0.1) is 37.2 Å². The lowest BCUT2D eigenvalue weighted by molar-refractivity contribution is -0.117. The van der Waals surface area contributed by atoms with Crippen LogP contribution in [0.5, 0.6) is 0 Å².